The van der Waals surface area contributed by atoms with Crippen LogP contribution in [-0.4, -0.2) is 20.2 Å². The largest absolute Gasteiger partial charge is 0.399 e. The minimum atomic E-state index is 0.572. The Labute approximate surface area is 129 Å². The van der Waals surface area contributed by atoms with Gasteiger partial charge >= 0.3 is 0 Å². The van der Waals surface area contributed by atoms with E-state index in [-0.39, 0.29) is 0 Å². The van der Waals surface area contributed by atoms with Crippen molar-refractivity contribution >= 4 is 27.3 Å². The molecule has 0 amide bonds. The van der Waals surface area contributed by atoms with Crippen LogP contribution < -0.4 is 11.5 Å². The van der Waals surface area contributed by atoms with E-state index >= 15 is 0 Å². The highest BCUT2D eigenvalue weighted by Gasteiger charge is 2.14. The van der Waals surface area contributed by atoms with E-state index in [0.29, 0.717) is 17.2 Å². The molecule has 1 heterocycles. The Kier molecular flexibility index (Phi) is 3.34. The summed E-state index contributed by atoms with van der Waals surface area (Å²) in [5.74, 6) is 0.584. The normalized spacial score (nSPS) is 10.8. The second-order valence-corrected chi connectivity index (χ2v) is 5.50. The van der Waals surface area contributed by atoms with Crippen LogP contribution in [0.15, 0.2) is 40.9 Å². The molecular weight excluding hydrogens is 332 g/mol. The molecule has 0 saturated carbocycles. The van der Waals surface area contributed by atoms with Crippen LogP contribution in [-0.2, 0) is 0 Å². The van der Waals surface area contributed by atoms with Crippen LogP contribution in [0.5, 0.6) is 0 Å². The zero-order valence-corrected chi connectivity index (χ0v) is 12.9. The molecule has 0 aliphatic heterocycles. The predicted molar refractivity (Wildman–Crippen MR) is 85.9 cm³/mol. The quantitative estimate of drug-likeness (QED) is 0.696. The highest BCUT2D eigenvalue weighted by Crippen LogP contribution is 2.29. The molecule has 3 aromatic rings. The van der Waals surface area contributed by atoms with Crippen molar-refractivity contribution in [3.8, 4) is 17.1 Å². The van der Waals surface area contributed by atoms with Crippen LogP contribution in [0.25, 0.3) is 17.1 Å². The van der Waals surface area contributed by atoms with Crippen LogP contribution in [0.1, 0.15) is 5.56 Å². The summed E-state index contributed by atoms with van der Waals surface area (Å²) in [5.41, 5.74) is 15.6. The number of tetrazole rings is 1. The molecule has 0 radical (unpaired) electrons. The van der Waals surface area contributed by atoms with E-state index < -0.39 is 0 Å². The standard InChI is InChI=1S/C14H13BrN6/c1-8-3-2-4-12(13(8)15)21-14(18-19-20-21)9-5-10(16)7-11(17)6-9/h2-7H,16-17H2,1H3. The number of rotatable bonds is 2. The minimum Gasteiger partial charge on any atom is -0.399 e. The summed E-state index contributed by atoms with van der Waals surface area (Å²) < 4.78 is 2.60. The van der Waals surface area contributed by atoms with Gasteiger partial charge in [-0.15, -0.1) is 5.10 Å². The van der Waals surface area contributed by atoms with Crippen molar-refractivity contribution in [2.45, 2.75) is 6.92 Å². The van der Waals surface area contributed by atoms with E-state index in [1.165, 1.54) is 0 Å². The molecule has 0 saturated heterocycles. The Morgan fingerprint density at radius 1 is 1.10 bits per heavy atom. The van der Waals surface area contributed by atoms with Crippen LogP contribution in [0.2, 0.25) is 0 Å². The molecular formula is C14H13BrN6. The van der Waals surface area contributed by atoms with Gasteiger partial charge in [-0.3, -0.25) is 0 Å². The first-order valence-corrected chi connectivity index (χ1v) is 7.06. The lowest BCUT2D eigenvalue weighted by Gasteiger charge is -2.09. The van der Waals surface area contributed by atoms with Gasteiger partial charge < -0.3 is 11.5 Å². The molecule has 7 heteroatoms. The number of hydrogen-bond acceptors (Lipinski definition) is 5. The fraction of sp³-hybridized carbons (Fsp3) is 0.0714. The first-order chi connectivity index (χ1) is 10.1. The fourth-order valence-corrected chi connectivity index (χ4v) is 2.56. The van der Waals surface area contributed by atoms with Crippen LogP contribution in [0, 0.1) is 6.92 Å². The van der Waals surface area contributed by atoms with Crippen molar-refractivity contribution in [3.05, 3.63) is 46.4 Å². The molecule has 106 valence electrons. The number of halogens is 1. The van der Waals surface area contributed by atoms with Gasteiger partial charge in [0.1, 0.15) is 0 Å². The molecule has 2 aromatic carbocycles. The maximum Gasteiger partial charge on any atom is 0.187 e. The van der Waals surface area contributed by atoms with Crippen molar-refractivity contribution in [3.63, 3.8) is 0 Å². The Morgan fingerprint density at radius 3 is 2.52 bits per heavy atom. The molecule has 3 rings (SSSR count). The van der Waals surface area contributed by atoms with Crippen LogP contribution in [0.3, 0.4) is 0 Å². The summed E-state index contributed by atoms with van der Waals surface area (Å²) in [6.07, 6.45) is 0. The van der Waals surface area contributed by atoms with E-state index in [9.17, 15) is 0 Å². The first kappa shape index (κ1) is 13.6. The van der Waals surface area contributed by atoms with Crippen molar-refractivity contribution in [1.29, 1.82) is 0 Å². The summed E-state index contributed by atoms with van der Waals surface area (Å²) in [6, 6.07) is 11.2. The van der Waals surface area contributed by atoms with Gasteiger partial charge in [-0.2, -0.15) is 4.68 Å². The molecule has 0 atom stereocenters. The summed E-state index contributed by atoms with van der Waals surface area (Å²) in [5, 5.41) is 11.9. The number of nitrogens with two attached hydrogens (primary N) is 2. The molecule has 0 unspecified atom stereocenters. The lowest BCUT2D eigenvalue weighted by molar-refractivity contribution is 0.788. The van der Waals surface area contributed by atoms with E-state index in [1.807, 2.05) is 25.1 Å². The summed E-state index contributed by atoms with van der Waals surface area (Å²) in [7, 11) is 0. The molecule has 0 fully saturated rings. The molecule has 6 nitrogen and oxygen atoms in total. The molecule has 21 heavy (non-hydrogen) atoms. The molecule has 0 aliphatic carbocycles. The third kappa shape index (κ3) is 2.47. The molecule has 0 spiro atoms. The number of nitrogen functional groups attached to an aromatic ring is 2. The molecule has 0 aliphatic rings. The van der Waals surface area contributed by atoms with Gasteiger partial charge in [-0.25, -0.2) is 0 Å². The number of hydrogen-bond donors (Lipinski definition) is 2. The van der Waals surface area contributed by atoms with Crippen LogP contribution >= 0.6 is 15.9 Å². The second kappa shape index (κ2) is 5.17. The van der Waals surface area contributed by atoms with E-state index in [0.717, 1.165) is 21.3 Å². The Hall–Kier alpha value is -2.41. The van der Waals surface area contributed by atoms with Gasteiger partial charge in [-0.05, 0) is 63.1 Å². The van der Waals surface area contributed by atoms with Crippen molar-refractivity contribution < 1.29 is 0 Å². The van der Waals surface area contributed by atoms with Gasteiger partial charge in [0.05, 0.1) is 5.69 Å². The number of aryl methyl sites for hydroxylation is 1. The maximum absolute atomic E-state index is 5.84. The lowest BCUT2D eigenvalue weighted by atomic mass is 10.1. The van der Waals surface area contributed by atoms with E-state index in [2.05, 4.69) is 31.5 Å². The fourth-order valence-electron chi connectivity index (χ4n) is 2.13. The van der Waals surface area contributed by atoms with Gasteiger partial charge in [-0.1, -0.05) is 12.1 Å². The number of anilines is 2. The highest BCUT2D eigenvalue weighted by molar-refractivity contribution is 9.10. The Balaban J connectivity index is 2.19. The lowest BCUT2D eigenvalue weighted by Crippen LogP contribution is -2.02. The summed E-state index contributed by atoms with van der Waals surface area (Å²) in [6.45, 7) is 2.01. The van der Waals surface area contributed by atoms with Gasteiger partial charge in [0.25, 0.3) is 0 Å². The molecule has 4 N–H and O–H groups in total. The smallest absolute Gasteiger partial charge is 0.187 e. The third-order valence-corrected chi connectivity index (χ3v) is 4.14. The van der Waals surface area contributed by atoms with Crippen molar-refractivity contribution in [2.24, 2.45) is 0 Å². The SMILES string of the molecule is Cc1cccc(-n2nnnc2-c2cc(N)cc(N)c2)c1Br. The predicted octanol–water partition coefficient (Wildman–Crippen LogP) is 2.56. The molecule has 1 aromatic heterocycles. The third-order valence-electron chi connectivity index (χ3n) is 3.10. The summed E-state index contributed by atoms with van der Waals surface area (Å²) in [4.78, 5) is 0. The van der Waals surface area contributed by atoms with E-state index in [1.54, 1.807) is 22.9 Å². The van der Waals surface area contributed by atoms with Gasteiger partial charge in [0.2, 0.25) is 0 Å². The van der Waals surface area contributed by atoms with Crippen molar-refractivity contribution in [1.82, 2.24) is 20.2 Å². The zero-order valence-electron chi connectivity index (χ0n) is 11.3. The Bertz CT molecular complexity index is 791. The number of aromatic nitrogens is 4. The maximum atomic E-state index is 5.84. The Morgan fingerprint density at radius 2 is 1.81 bits per heavy atom. The minimum absolute atomic E-state index is 0.572. The van der Waals surface area contributed by atoms with Gasteiger partial charge in [0.15, 0.2) is 5.82 Å². The number of benzene rings is 2. The topological polar surface area (TPSA) is 95.6 Å². The van der Waals surface area contributed by atoms with Crippen LogP contribution in [0.4, 0.5) is 11.4 Å². The van der Waals surface area contributed by atoms with Crippen molar-refractivity contribution in [2.75, 3.05) is 11.5 Å². The zero-order chi connectivity index (χ0) is 15.0. The monoisotopic (exact) mass is 344 g/mol. The second-order valence-electron chi connectivity index (χ2n) is 4.71. The average Bonchev–Trinajstić information content (AvgIpc) is 2.90. The average molecular weight is 345 g/mol. The number of nitrogens with zero attached hydrogens (tertiary/aromatic N) is 4. The highest BCUT2D eigenvalue weighted by atomic mass is 79.9. The van der Waals surface area contributed by atoms with E-state index in [4.69, 9.17) is 11.5 Å². The first-order valence-electron chi connectivity index (χ1n) is 6.26. The summed E-state index contributed by atoms with van der Waals surface area (Å²) >= 11 is 3.57. The van der Waals surface area contributed by atoms with Gasteiger partial charge in [0, 0.05) is 21.4 Å². The molecule has 0 bridgehead atoms.